The van der Waals surface area contributed by atoms with Crippen LogP contribution in [-0.4, -0.2) is 60.4 Å². The van der Waals surface area contributed by atoms with Crippen molar-refractivity contribution in [3.63, 3.8) is 0 Å². The lowest BCUT2D eigenvalue weighted by Gasteiger charge is -2.38. The summed E-state index contributed by atoms with van der Waals surface area (Å²) in [5.41, 5.74) is 0. The lowest BCUT2D eigenvalue weighted by atomic mass is 9.98. The van der Waals surface area contributed by atoms with E-state index in [2.05, 4.69) is 19.2 Å². The van der Waals surface area contributed by atoms with Gasteiger partial charge < -0.3 is 15.1 Å². The first-order chi connectivity index (χ1) is 9.08. The average molecular weight is 267 g/mol. The van der Waals surface area contributed by atoms with Gasteiger partial charge in [0.2, 0.25) is 11.8 Å². The lowest BCUT2D eigenvalue weighted by molar-refractivity contribution is -0.154. The number of carbonyl (C=O) groups is 2. The highest BCUT2D eigenvalue weighted by atomic mass is 16.2. The van der Waals surface area contributed by atoms with Crippen LogP contribution in [0.3, 0.4) is 0 Å². The molecule has 0 aliphatic carbocycles. The van der Waals surface area contributed by atoms with Crippen molar-refractivity contribution in [3.8, 4) is 0 Å². The van der Waals surface area contributed by atoms with Gasteiger partial charge in [0, 0.05) is 19.1 Å². The highest BCUT2D eigenvalue weighted by Gasteiger charge is 2.42. The fraction of sp³-hybridized carbons (Fsp3) is 0.857. The number of likely N-dealkylation sites (N-methyl/N-ethyl adjacent to an activating group) is 1. The molecule has 1 N–H and O–H groups in total. The molecule has 0 saturated carbocycles. The molecule has 2 aliphatic rings. The number of nitrogens with one attached hydrogen (secondary N) is 1. The molecule has 2 heterocycles. The van der Waals surface area contributed by atoms with Crippen LogP contribution >= 0.6 is 0 Å². The van der Waals surface area contributed by atoms with E-state index in [1.165, 1.54) is 0 Å². The zero-order valence-corrected chi connectivity index (χ0v) is 12.2. The molecule has 0 aromatic heterocycles. The summed E-state index contributed by atoms with van der Waals surface area (Å²) >= 11 is 0. The summed E-state index contributed by atoms with van der Waals surface area (Å²) in [6, 6.07) is 0.0744. The fourth-order valence-corrected chi connectivity index (χ4v) is 3.10. The highest BCUT2D eigenvalue weighted by Crippen LogP contribution is 2.24. The third-order valence-corrected chi connectivity index (χ3v) is 4.61. The molecule has 5 heteroatoms. The maximum absolute atomic E-state index is 12.4. The van der Waals surface area contributed by atoms with Crippen molar-refractivity contribution >= 4 is 11.8 Å². The van der Waals surface area contributed by atoms with Crippen LogP contribution in [0, 0.1) is 5.92 Å². The Morgan fingerprint density at radius 3 is 2.79 bits per heavy atom. The Labute approximate surface area is 115 Å². The molecule has 0 radical (unpaired) electrons. The Bertz CT molecular complexity index is 359. The van der Waals surface area contributed by atoms with E-state index < -0.39 is 0 Å². The Hall–Kier alpha value is -1.10. The minimum absolute atomic E-state index is 0.112. The normalized spacial score (nSPS) is 26.6. The Morgan fingerprint density at radius 1 is 1.42 bits per heavy atom. The molecule has 3 atom stereocenters. The number of fused-ring (bicyclic) bond motifs is 1. The van der Waals surface area contributed by atoms with Crippen LogP contribution in [-0.2, 0) is 9.59 Å². The van der Waals surface area contributed by atoms with Gasteiger partial charge in [-0.3, -0.25) is 9.59 Å². The second-order valence-corrected chi connectivity index (χ2v) is 5.74. The van der Waals surface area contributed by atoms with Gasteiger partial charge in [0.15, 0.2) is 0 Å². The Morgan fingerprint density at radius 2 is 2.16 bits per heavy atom. The van der Waals surface area contributed by atoms with Gasteiger partial charge >= 0.3 is 0 Å². The SMILES string of the molecule is CCC(C)C(CN1CC(=O)N2CCCC2C1=O)NC. The number of rotatable bonds is 5. The van der Waals surface area contributed by atoms with Crippen LogP contribution in [0.2, 0.25) is 0 Å². The first-order valence-corrected chi connectivity index (χ1v) is 7.34. The third kappa shape index (κ3) is 2.76. The fourth-order valence-electron chi connectivity index (χ4n) is 3.10. The molecule has 5 nitrogen and oxygen atoms in total. The zero-order valence-electron chi connectivity index (χ0n) is 12.2. The zero-order chi connectivity index (χ0) is 14.0. The van der Waals surface area contributed by atoms with Gasteiger partial charge in [-0.15, -0.1) is 0 Å². The largest absolute Gasteiger partial charge is 0.330 e. The molecule has 3 unspecified atom stereocenters. The van der Waals surface area contributed by atoms with Crippen LogP contribution in [0.4, 0.5) is 0 Å². The Balaban J connectivity index is 2.04. The van der Waals surface area contributed by atoms with E-state index in [1.807, 2.05) is 7.05 Å². The summed E-state index contributed by atoms with van der Waals surface area (Å²) in [7, 11) is 1.93. The maximum atomic E-state index is 12.4. The molecule has 19 heavy (non-hydrogen) atoms. The first-order valence-electron chi connectivity index (χ1n) is 7.34. The van der Waals surface area contributed by atoms with E-state index in [4.69, 9.17) is 0 Å². The summed E-state index contributed by atoms with van der Waals surface area (Å²) in [4.78, 5) is 28.0. The molecular weight excluding hydrogens is 242 g/mol. The molecule has 2 aliphatic heterocycles. The molecule has 108 valence electrons. The predicted octanol–water partition coefficient (Wildman–Crippen LogP) is 0.454. The number of nitrogens with zero attached hydrogens (tertiary/aromatic N) is 2. The minimum atomic E-state index is -0.185. The van der Waals surface area contributed by atoms with E-state index >= 15 is 0 Å². The molecule has 0 aromatic rings. The second kappa shape index (κ2) is 5.90. The van der Waals surface area contributed by atoms with Crippen molar-refractivity contribution < 1.29 is 9.59 Å². The monoisotopic (exact) mass is 267 g/mol. The molecule has 2 amide bonds. The summed E-state index contributed by atoms with van der Waals surface area (Å²) in [6.45, 7) is 5.98. The van der Waals surface area contributed by atoms with Crippen LogP contribution < -0.4 is 5.32 Å². The standard InChI is InChI=1S/C14H25N3O2/c1-4-10(2)11(15-3)8-16-9-13(18)17-7-5-6-12(17)14(16)19/h10-12,15H,4-9H2,1-3H3. The number of amides is 2. The van der Waals surface area contributed by atoms with Gasteiger partial charge in [-0.05, 0) is 25.8 Å². The lowest BCUT2D eigenvalue weighted by Crippen LogP contribution is -2.60. The van der Waals surface area contributed by atoms with Gasteiger partial charge in [0.1, 0.15) is 6.04 Å². The summed E-state index contributed by atoms with van der Waals surface area (Å²) in [5.74, 6) is 0.747. The van der Waals surface area contributed by atoms with Crippen LogP contribution in [0.5, 0.6) is 0 Å². The topological polar surface area (TPSA) is 52.7 Å². The van der Waals surface area contributed by atoms with Crippen molar-refractivity contribution in [1.29, 1.82) is 0 Å². The third-order valence-electron chi connectivity index (χ3n) is 4.61. The predicted molar refractivity (Wildman–Crippen MR) is 73.6 cm³/mol. The summed E-state index contributed by atoms with van der Waals surface area (Å²) < 4.78 is 0. The molecule has 2 rings (SSSR count). The summed E-state index contributed by atoms with van der Waals surface area (Å²) in [5, 5.41) is 3.28. The number of piperazine rings is 1. The molecule has 0 bridgehead atoms. The van der Waals surface area contributed by atoms with E-state index in [9.17, 15) is 9.59 Å². The van der Waals surface area contributed by atoms with Crippen molar-refractivity contribution in [3.05, 3.63) is 0 Å². The average Bonchev–Trinajstić information content (AvgIpc) is 2.90. The number of carbonyl (C=O) groups excluding carboxylic acids is 2. The van der Waals surface area contributed by atoms with Gasteiger partial charge in [-0.2, -0.15) is 0 Å². The van der Waals surface area contributed by atoms with Crippen molar-refractivity contribution in [2.45, 2.75) is 45.2 Å². The van der Waals surface area contributed by atoms with E-state index in [0.29, 0.717) is 12.5 Å². The van der Waals surface area contributed by atoms with Gasteiger partial charge in [-0.1, -0.05) is 20.3 Å². The minimum Gasteiger partial charge on any atom is -0.330 e. The molecule has 2 saturated heterocycles. The van der Waals surface area contributed by atoms with Gasteiger partial charge in [0.05, 0.1) is 6.54 Å². The van der Waals surface area contributed by atoms with Crippen molar-refractivity contribution in [2.75, 3.05) is 26.7 Å². The van der Waals surface area contributed by atoms with E-state index in [0.717, 1.165) is 25.8 Å². The van der Waals surface area contributed by atoms with E-state index in [-0.39, 0.29) is 30.4 Å². The summed E-state index contributed by atoms with van der Waals surface area (Å²) in [6.07, 6.45) is 2.85. The Kier molecular flexibility index (Phi) is 4.45. The highest BCUT2D eigenvalue weighted by molar-refractivity contribution is 5.95. The number of hydrogen-bond donors (Lipinski definition) is 1. The molecular formula is C14H25N3O2. The maximum Gasteiger partial charge on any atom is 0.245 e. The van der Waals surface area contributed by atoms with Crippen LogP contribution in [0.1, 0.15) is 33.1 Å². The van der Waals surface area contributed by atoms with Crippen LogP contribution in [0.25, 0.3) is 0 Å². The molecule has 0 aromatic carbocycles. The van der Waals surface area contributed by atoms with Gasteiger partial charge in [0.25, 0.3) is 0 Å². The first kappa shape index (κ1) is 14.3. The van der Waals surface area contributed by atoms with Crippen LogP contribution in [0.15, 0.2) is 0 Å². The molecule has 0 spiro atoms. The second-order valence-electron chi connectivity index (χ2n) is 5.74. The van der Waals surface area contributed by atoms with Crippen molar-refractivity contribution in [2.24, 2.45) is 5.92 Å². The number of hydrogen-bond acceptors (Lipinski definition) is 3. The smallest absolute Gasteiger partial charge is 0.245 e. The molecule has 2 fully saturated rings. The van der Waals surface area contributed by atoms with Gasteiger partial charge in [-0.25, -0.2) is 0 Å². The quantitative estimate of drug-likeness (QED) is 0.787. The van der Waals surface area contributed by atoms with E-state index in [1.54, 1.807) is 9.80 Å². The van der Waals surface area contributed by atoms with Crippen molar-refractivity contribution in [1.82, 2.24) is 15.1 Å².